The largest absolute Gasteiger partial charge is 0.396 e. The number of halogens is 2. The molecule has 6 heteroatoms. The number of hydrogen-bond donors (Lipinski definition) is 2. The van der Waals surface area contributed by atoms with Crippen molar-refractivity contribution in [2.75, 3.05) is 19.8 Å². The predicted molar refractivity (Wildman–Crippen MR) is 102 cm³/mol. The summed E-state index contributed by atoms with van der Waals surface area (Å²) in [5.41, 5.74) is 6.73. The molecule has 1 unspecified atom stereocenters. The second kappa shape index (κ2) is 8.76. The maximum Gasteiger partial charge on any atom is 0.105 e. The van der Waals surface area contributed by atoms with Crippen molar-refractivity contribution in [1.82, 2.24) is 0 Å². The number of aliphatic hydroxyl groups excluding tert-OH is 1. The minimum atomic E-state index is -0.932. The van der Waals surface area contributed by atoms with Crippen molar-refractivity contribution < 1.29 is 19.0 Å². The van der Waals surface area contributed by atoms with Crippen LogP contribution in [0.3, 0.4) is 0 Å². The topological polar surface area (TPSA) is 64.7 Å². The highest BCUT2D eigenvalue weighted by atomic mass is 79.9. The average Bonchev–Trinajstić information content (AvgIpc) is 2.66. The standard InChI is InChI=1S/C20H25BrFNO3/c21-16-6-7-19(22)18(9-16)20(23)13-26-17(8-15(20)10-24)12-25-11-14-4-2-1-3-5-14/h1-7,15,17-18,24H,8-13,23H2/t15-,17+,18?,20-/m0/s1. The third kappa shape index (κ3) is 4.43. The van der Waals surface area contributed by atoms with Crippen LogP contribution in [0.2, 0.25) is 0 Å². The molecule has 0 aromatic heterocycles. The van der Waals surface area contributed by atoms with Crippen molar-refractivity contribution >= 4 is 15.9 Å². The van der Waals surface area contributed by atoms with Gasteiger partial charge in [-0.3, -0.25) is 0 Å². The molecule has 0 spiro atoms. The fourth-order valence-corrected chi connectivity index (χ4v) is 4.16. The zero-order chi connectivity index (χ0) is 18.6. The van der Waals surface area contributed by atoms with E-state index in [9.17, 15) is 9.50 Å². The van der Waals surface area contributed by atoms with Gasteiger partial charge in [0.05, 0.1) is 31.5 Å². The molecule has 0 radical (unpaired) electrons. The van der Waals surface area contributed by atoms with E-state index in [1.54, 1.807) is 6.08 Å². The Morgan fingerprint density at radius 3 is 2.81 bits per heavy atom. The van der Waals surface area contributed by atoms with Gasteiger partial charge in [0.1, 0.15) is 5.83 Å². The van der Waals surface area contributed by atoms with E-state index >= 15 is 0 Å². The first kappa shape index (κ1) is 19.7. The van der Waals surface area contributed by atoms with E-state index in [0.29, 0.717) is 26.1 Å². The quantitative estimate of drug-likeness (QED) is 0.732. The molecule has 2 aliphatic rings. The summed E-state index contributed by atoms with van der Waals surface area (Å²) in [4.78, 5) is 0. The molecule has 1 fully saturated rings. The Balaban J connectivity index is 1.58. The summed E-state index contributed by atoms with van der Waals surface area (Å²) in [5.74, 6) is -0.995. The molecule has 142 valence electrons. The SMILES string of the molecule is N[C@@]1(C2CC(Br)=CC=C2F)CO[C@@H](COCc2ccccc2)C[C@H]1CO. The number of nitrogens with two attached hydrogens (primary N) is 1. The van der Waals surface area contributed by atoms with Crippen molar-refractivity contribution in [3.05, 3.63) is 58.4 Å². The Hall–Kier alpha value is -1.05. The number of ether oxygens (including phenoxy) is 2. The van der Waals surface area contributed by atoms with Gasteiger partial charge in [0.2, 0.25) is 0 Å². The fourth-order valence-electron chi connectivity index (χ4n) is 3.71. The maximum atomic E-state index is 14.4. The lowest BCUT2D eigenvalue weighted by molar-refractivity contribution is -0.115. The van der Waals surface area contributed by atoms with Crippen LogP contribution in [0.15, 0.2) is 52.8 Å². The molecule has 1 heterocycles. The molecule has 1 aromatic carbocycles. The van der Waals surface area contributed by atoms with Gasteiger partial charge in [-0.1, -0.05) is 46.3 Å². The smallest absolute Gasteiger partial charge is 0.105 e. The van der Waals surface area contributed by atoms with Gasteiger partial charge in [0, 0.05) is 18.4 Å². The highest BCUT2D eigenvalue weighted by Crippen LogP contribution is 2.42. The van der Waals surface area contributed by atoms with Crippen LogP contribution in [0.25, 0.3) is 0 Å². The van der Waals surface area contributed by atoms with Crippen LogP contribution in [-0.4, -0.2) is 36.6 Å². The van der Waals surface area contributed by atoms with E-state index in [0.717, 1.165) is 10.0 Å². The number of hydrogen-bond acceptors (Lipinski definition) is 4. The predicted octanol–water partition coefficient (Wildman–Crippen LogP) is 3.45. The summed E-state index contributed by atoms with van der Waals surface area (Å²) in [5, 5.41) is 9.89. The summed E-state index contributed by atoms with van der Waals surface area (Å²) >= 11 is 3.43. The lowest BCUT2D eigenvalue weighted by Crippen LogP contribution is -2.62. The number of allylic oxidation sites excluding steroid dienone is 3. The molecule has 0 amide bonds. The van der Waals surface area contributed by atoms with Gasteiger partial charge < -0.3 is 20.3 Å². The van der Waals surface area contributed by atoms with Crippen LogP contribution in [0.5, 0.6) is 0 Å². The van der Waals surface area contributed by atoms with Gasteiger partial charge in [-0.05, 0) is 35.0 Å². The summed E-state index contributed by atoms with van der Waals surface area (Å²) in [6.45, 7) is 1.04. The molecule has 3 N–H and O–H groups in total. The number of benzene rings is 1. The van der Waals surface area contributed by atoms with Gasteiger partial charge in [0.15, 0.2) is 0 Å². The molecule has 0 saturated carbocycles. The van der Waals surface area contributed by atoms with E-state index in [4.69, 9.17) is 15.2 Å². The summed E-state index contributed by atoms with van der Waals surface area (Å²) < 4.78 is 27.0. The van der Waals surface area contributed by atoms with E-state index in [1.807, 2.05) is 30.3 Å². The highest BCUT2D eigenvalue weighted by molar-refractivity contribution is 9.11. The third-order valence-electron chi connectivity index (χ3n) is 5.32. The van der Waals surface area contributed by atoms with Crippen LogP contribution in [0.4, 0.5) is 4.39 Å². The van der Waals surface area contributed by atoms with Crippen molar-refractivity contribution in [3.63, 3.8) is 0 Å². The highest BCUT2D eigenvalue weighted by Gasteiger charge is 2.48. The third-order valence-corrected chi connectivity index (χ3v) is 5.90. The molecule has 1 aliphatic carbocycles. The zero-order valence-electron chi connectivity index (χ0n) is 14.6. The monoisotopic (exact) mass is 425 g/mol. The van der Waals surface area contributed by atoms with Crippen molar-refractivity contribution in [2.24, 2.45) is 17.6 Å². The fraction of sp³-hybridized carbons (Fsp3) is 0.500. The Morgan fingerprint density at radius 1 is 1.31 bits per heavy atom. The summed E-state index contributed by atoms with van der Waals surface area (Å²) in [6, 6.07) is 9.92. The van der Waals surface area contributed by atoms with Crippen LogP contribution in [0, 0.1) is 11.8 Å². The molecule has 1 aromatic rings. The van der Waals surface area contributed by atoms with Crippen LogP contribution >= 0.6 is 15.9 Å². The number of rotatable bonds is 6. The van der Waals surface area contributed by atoms with Crippen LogP contribution in [-0.2, 0) is 16.1 Å². The summed E-state index contributed by atoms with van der Waals surface area (Å²) in [7, 11) is 0. The van der Waals surface area contributed by atoms with E-state index in [2.05, 4.69) is 15.9 Å². The van der Waals surface area contributed by atoms with Gasteiger partial charge in [-0.15, -0.1) is 0 Å². The summed E-state index contributed by atoms with van der Waals surface area (Å²) in [6.07, 6.45) is 4.02. The molecule has 1 saturated heterocycles. The van der Waals surface area contributed by atoms with Gasteiger partial charge >= 0.3 is 0 Å². The second-order valence-electron chi connectivity index (χ2n) is 7.08. The lowest BCUT2D eigenvalue weighted by atomic mass is 9.69. The molecule has 26 heavy (non-hydrogen) atoms. The molecular weight excluding hydrogens is 401 g/mol. The molecule has 1 aliphatic heterocycles. The Morgan fingerprint density at radius 2 is 2.08 bits per heavy atom. The van der Waals surface area contributed by atoms with E-state index < -0.39 is 11.5 Å². The Kier molecular flexibility index (Phi) is 6.64. The van der Waals surface area contributed by atoms with Gasteiger partial charge in [-0.2, -0.15) is 0 Å². The molecule has 4 nitrogen and oxygen atoms in total. The number of aliphatic hydroxyl groups is 1. The second-order valence-corrected chi connectivity index (χ2v) is 8.10. The lowest BCUT2D eigenvalue weighted by Gasteiger charge is -2.47. The van der Waals surface area contributed by atoms with Crippen LogP contribution in [0.1, 0.15) is 18.4 Å². The van der Waals surface area contributed by atoms with Gasteiger partial charge in [-0.25, -0.2) is 4.39 Å². The average molecular weight is 426 g/mol. The van der Waals surface area contributed by atoms with E-state index in [-0.39, 0.29) is 31.1 Å². The van der Waals surface area contributed by atoms with Crippen molar-refractivity contribution in [2.45, 2.75) is 31.1 Å². The van der Waals surface area contributed by atoms with Crippen LogP contribution < -0.4 is 5.73 Å². The van der Waals surface area contributed by atoms with Gasteiger partial charge in [0.25, 0.3) is 0 Å². The molecule has 0 bridgehead atoms. The first-order valence-corrected chi connectivity index (χ1v) is 9.67. The maximum absolute atomic E-state index is 14.4. The molecule has 3 rings (SSSR count). The Labute approximate surface area is 162 Å². The Bertz CT molecular complexity index is 666. The first-order valence-electron chi connectivity index (χ1n) is 8.87. The molecule has 4 atom stereocenters. The normalized spacial score (nSPS) is 32.1. The minimum absolute atomic E-state index is 0.0971. The van der Waals surface area contributed by atoms with E-state index in [1.165, 1.54) is 6.08 Å². The minimum Gasteiger partial charge on any atom is -0.396 e. The van der Waals surface area contributed by atoms with Crippen molar-refractivity contribution in [3.8, 4) is 0 Å². The zero-order valence-corrected chi connectivity index (χ0v) is 16.2. The molecular formula is C20H25BrFNO3. The van der Waals surface area contributed by atoms with Crippen molar-refractivity contribution in [1.29, 1.82) is 0 Å². The first-order chi connectivity index (χ1) is 12.5.